The lowest BCUT2D eigenvalue weighted by molar-refractivity contribution is 0.480. The zero-order chi connectivity index (χ0) is 17.3. The van der Waals surface area contributed by atoms with Gasteiger partial charge in [0.05, 0.1) is 4.90 Å². The van der Waals surface area contributed by atoms with E-state index < -0.39 is 30.0 Å². The van der Waals surface area contributed by atoms with Crippen LogP contribution in [-0.2, 0) is 26.8 Å². The minimum atomic E-state index is -4.67. The molecule has 0 amide bonds. The third-order valence-corrected chi connectivity index (χ3v) is 4.77. The summed E-state index contributed by atoms with van der Waals surface area (Å²) >= 11 is 0. The SMILES string of the molecule is Nc1cccc(NCc2ccc(S(=O)(=O)O)cc2S(=O)(=O)O)c1. The Morgan fingerprint density at radius 3 is 2.22 bits per heavy atom. The van der Waals surface area contributed by atoms with E-state index in [1.165, 1.54) is 6.07 Å². The fourth-order valence-corrected chi connectivity index (χ4v) is 3.26. The molecular weight excluding hydrogens is 344 g/mol. The highest BCUT2D eigenvalue weighted by Gasteiger charge is 2.20. The molecule has 8 nitrogen and oxygen atoms in total. The van der Waals surface area contributed by atoms with Crippen molar-refractivity contribution in [2.75, 3.05) is 11.1 Å². The van der Waals surface area contributed by atoms with Gasteiger partial charge < -0.3 is 11.1 Å². The second kappa shape index (κ2) is 6.16. The van der Waals surface area contributed by atoms with E-state index in [0.717, 1.165) is 6.07 Å². The van der Waals surface area contributed by atoms with E-state index in [-0.39, 0.29) is 12.1 Å². The van der Waals surface area contributed by atoms with Crippen LogP contribution in [0.5, 0.6) is 0 Å². The number of hydrogen-bond acceptors (Lipinski definition) is 6. The van der Waals surface area contributed by atoms with Crippen LogP contribution in [0, 0.1) is 0 Å². The van der Waals surface area contributed by atoms with Gasteiger partial charge in [0.15, 0.2) is 0 Å². The van der Waals surface area contributed by atoms with Crippen LogP contribution >= 0.6 is 0 Å². The van der Waals surface area contributed by atoms with E-state index in [4.69, 9.17) is 10.3 Å². The van der Waals surface area contributed by atoms with Gasteiger partial charge in [-0.05, 0) is 35.9 Å². The number of rotatable bonds is 5. The Bertz CT molecular complexity index is 939. The average molecular weight is 358 g/mol. The molecule has 0 aromatic heterocycles. The van der Waals surface area contributed by atoms with Crippen LogP contribution in [0.2, 0.25) is 0 Å². The molecule has 10 heteroatoms. The van der Waals surface area contributed by atoms with Gasteiger partial charge in [-0.15, -0.1) is 0 Å². The molecule has 0 saturated carbocycles. The number of anilines is 2. The molecule has 0 spiro atoms. The maximum Gasteiger partial charge on any atom is 0.294 e. The molecule has 0 fully saturated rings. The fraction of sp³-hybridized carbons (Fsp3) is 0.0769. The van der Waals surface area contributed by atoms with Gasteiger partial charge in [-0.25, -0.2) is 0 Å². The number of hydrogen-bond donors (Lipinski definition) is 4. The van der Waals surface area contributed by atoms with Gasteiger partial charge in [-0.1, -0.05) is 12.1 Å². The molecule has 0 aliphatic rings. The molecule has 5 N–H and O–H groups in total. The summed E-state index contributed by atoms with van der Waals surface area (Å²) in [5.41, 5.74) is 6.87. The first-order valence-corrected chi connectivity index (χ1v) is 9.13. The number of nitrogens with two attached hydrogens (primary N) is 1. The average Bonchev–Trinajstić information content (AvgIpc) is 2.43. The van der Waals surface area contributed by atoms with Crippen LogP contribution in [0.15, 0.2) is 52.3 Å². The quantitative estimate of drug-likeness (QED) is 0.463. The Morgan fingerprint density at radius 2 is 1.65 bits per heavy atom. The summed E-state index contributed by atoms with van der Waals surface area (Å²) in [7, 11) is -9.26. The van der Waals surface area contributed by atoms with Crippen molar-refractivity contribution < 1.29 is 25.9 Å². The van der Waals surface area contributed by atoms with E-state index in [1.54, 1.807) is 24.3 Å². The molecular formula is C13H14N2O6S2. The van der Waals surface area contributed by atoms with E-state index in [9.17, 15) is 21.4 Å². The van der Waals surface area contributed by atoms with Crippen molar-refractivity contribution in [3.63, 3.8) is 0 Å². The number of nitrogens with one attached hydrogen (secondary N) is 1. The minimum Gasteiger partial charge on any atom is -0.399 e. The molecule has 0 aliphatic carbocycles. The summed E-state index contributed by atoms with van der Waals surface area (Å²) in [5, 5.41) is 2.90. The Morgan fingerprint density at radius 1 is 0.957 bits per heavy atom. The van der Waals surface area contributed by atoms with Gasteiger partial charge in [0.2, 0.25) is 0 Å². The van der Waals surface area contributed by atoms with Gasteiger partial charge in [0.1, 0.15) is 4.90 Å². The second-order valence-corrected chi connectivity index (χ2v) is 7.51. The van der Waals surface area contributed by atoms with E-state index in [0.29, 0.717) is 17.4 Å². The summed E-state index contributed by atoms with van der Waals surface area (Å²) in [6.07, 6.45) is 0. The lowest BCUT2D eigenvalue weighted by atomic mass is 10.2. The predicted octanol–water partition coefficient (Wildman–Crippen LogP) is 1.37. The fourth-order valence-electron chi connectivity index (χ4n) is 1.93. The third-order valence-electron chi connectivity index (χ3n) is 2.98. The Kier molecular flexibility index (Phi) is 4.61. The summed E-state index contributed by atoms with van der Waals surface area (Å²) < 4.78 is 63.3. The van der Waals surface area contributed by atoms with E-state index in [2.05, 4.69) is 5.32 Å². The molecule has 23 heavy (non-hydrogen) atoms. The molecule has 2 aromatic carbocycles. The zero-order valence-electron chi connectivity index (χ0n) is 11.7. The van der Waals surface area contributed by atoms with Crippen LogP contribution in [0.25, 0.3) is 0 Å². The lowest BCUT2D eigenvalue weighted by Gasteiger charge is -2.11. The monoisotopic (exact) mass is 358 g/mol. The highest BCUT2D eigenvalue weighted by Crippen LogP contribution is 2.22. The molecule has 0 saturated heterocycles. The first-order valence-electron chi connectivity index (χ1n) is 6.25. The van der Waals surface area contributed by atoms with Gasteiger partial charge >= 0.3 is 0 Å². The van der Waals surface area contributed by atoms with Gasteiger partial charge in [0, 0.05) is 17.9 Å². The minimum absolute atomic E-state index is 0.00959. The Labute approximate surface area is 133 Å². The van der Waals surface area contributed by atoms with Crippen LogP contribution in [0.4, 0.5) is 11.4 Å². The zero-order valence-corrected chi connectivity index (χ0v) is 13.3. The highest BCUT2D eigenvalue weighted by atomic mass is 32.2. The van der Waals surface area contributed by atoms with Crippen molar-refractivity contribution in [3.8, 4) is 0 Å². The number of nitrogen functional groups attached to an aromatic ring is 1. The molecule has 0 heterocycles. The molecule has 0 bridgehead atoms. The topological polar surface area (TPSA) is 147 Å². The van der Waals surface area contributed by atoms with Crippen LogP contribution in [-0.4, -0.2) is 25.9 Å². The Hall–Kier alpha value is -2.14. The first kappa shape index (κ1) is 17.2. The number of benzene rings is 2. The van der Waals surface area contributed by atoms with E-state index in [1.807, 2.05) is 0 Å². The summed E-state index contributed by atoms with van der Waals surface area (Å²) in [6.45, 7) is -0.00959. The lowest BCUT2D eigenvalue weighted by Crippen LogP contribution is -2.10. The maximum atomic E-state index is 11.4. The third kappa shape index (κ3) is 4.42. The van der Waals surface area contributed by atoms with Crippen LogP contribution in [0.3, 0.4) is 0 Å². The standard InChI is InChI=1S/C13H14N2O6S2/c14-10-2-1-3-11(6-10)15-8-9-4-5-12(22(16,17)18)7-13(9)23(19,20)21/h1-7,15H,8,14H2,(H,16,17,18)(H,19,20,21). The largest absolute Gasteiger partial charge is 0.399 e. The van der Waals surface area contributed by atoms with Gasteiger partial charge in [-0.2, -0.15) is 16.8 Å². The van der Waals surface area contributed by atoms with Crippen LogP contribution < -0.4 is 11.1 Å². The van der Waals surface area contributed by atoms with Crippen molar-refractivity contribution in [1.82, 2.24) is 0 Å². The van der Waals surface area contributed by atoms with Crippen molar-refractivity contribution in [1.29, 1.82) is 0 Å². The first-order chi connectivity index (χ1) is 10.6. The molecule has 2 rings (SSSR count). The normalized spacial score (nSPS) is 12.1. The van der Waals surface area contributed by atoms with Crippen molar-refractivity contribution in [3.05, 3.63) is 48.0 Å². The summed E-state index contributed by atoms with van der Waals surface area (Å²) in [4.78, 5) is -1.23. The molecule has 0 radical (unpaired) electrons. The molecule has 2 aromatic rings. The van der Waals surface area contributed by atoms with Gasteiger partial charge in [0.25, 0.3) is 20.2 Å². The smallest absolute Gasteiger partial charge is 0.294 e. The molecule has 124 valence electrons. The van der Waals surface area contributed by atoms with Crippen molar-refractivity contribution in [2.24, 2.45) is 0 Å². The van der Waals surface area contributed by atoms with Crippen molar-refractivity contribution in [2.45, 2.75) is 16.3 Å². The predicted molar refractivity (Wildman–Crippen MR) is 84.3 cm³/mol. The van der Waals surface area contributed by atoms with Crippen molar-refractivity contribution >= 4 is 31.6 Å². The summed E-state index contributed by atoms with van der Waals surface area (Å²) in [6, 6.07) is 9.63. The summed E-state index contributed by atoms with van der Waals surface area (Å²) in [5.74, 6) is 0. The molecule has 0 atom stereocenters. The molecule has 0 unspecified atom stereocenters. The van der Waals surface area contributed by atoms with Crippen LogP contribution in [0.1, 0.15) is 5.56 Å². The van der Waals surface area contributed by atoms with E-state index >= 15 is 0 Å². The second-order valence-electron chi connectivity index (χ2n) is 4.70. The highest BCUT2D eigenvalue weighted by molar-refractivity contribution is 7.86. The van der Waals surface area contributed by atoms with Gasteiger partial charge in [-0.3, -0.25) is 9.11 Å². The Balaban J connectivity index is 2.38. The molecule has 0 aliphatic heterocycles. The maximum absolute atomic E-state index is 11.4.